The molecule has 0 spiro atoms. The lowest BCUT2D eigenvalue weighted by atomic mass is 9.94. The average Bonchev–Trinajstić information content (AvgIpc) is 3.86. The Bertz CT molecular complexity index is 3220. The molecule has 3 heterocycles. The van der Waals surface area contributed by atoms with Crippen LogP contribution in [0.2, 0.25) is 0 Å². The molecule has 11 rings (SSSR count). The first kappa shape index (κ1) is 31.9. The summed E-state index contributed by atoms with van der Waals surface area (Å²) in [7, 11) is 0. The molecule has 3 aromatic heterocycles. The van der Waals surface area contributed by atoms with Gasteiger partial charge in [0.1, 0.15) is 22.3 Å². The maximum absolute atomic E-state index is 7.01. The van der Waals surface area contributed by atoms with Gasteiger partial charge in [0.15, 0.2) is 17.5 Å². The van der Waals surface area contributed by atoms with Crippen molar-refractivity contribution in [3.8, 4) is 67.5 Å². The molecule has 0 aliphatic rings. The molecule has 0 saturated heterocycles. The van der Waals surface area contributed by atoms with Crippen LogP contribution in [-0.4, -0.2) is 15.0 Å². The summed E-state index contributed by atoms with van der Waals surface area (Å²) in [5.41, 5.74) is 12.2. The van der Waals surface area contributed by atoms with Gasteiger partial charge >= 0.3 is 0 Å². The average molecular weight is 718 g/mol. The second-order valence-corrected chi connectivity index (χ2v) is 13.9. The van der Waals surface area contributed by atoms with Crippen molar-refractivity contribution >= 4 is 43.9 Å². The third-order valence-electron chi connectivity index (χ3n) is 10.6. The lowest BCUT2D eigenvalue weighted by Crippen LogP contribution is -2.00. The number of nitrogens with zero attached hydrogens (tertiary/aromatic N) is 3. The van der Waals surface area contributed by atoms with Gasteiger partial charge < -0.3 is 8.83 Å². The van der Waals surface area contributed by atoms with Crippen LogP contribution in [0.5, 0.6) is 0 Å². The summed E-state index contributed by atoms with van der Waals surface area (Å²) < 4.78 is 13.6. The summed E-state index contributed by atoms with van der Waals surface area (Å²) in [5.74, 6) is 1.72. The van der Waals surface area contributed by atoms with Gasteiger partial charge in [-0.2, -0.15) is 0 Å². The molecule has 0 bridgehead atoms. The van der Waals surface area contributed by atoms with E-state index in [1.54, 1.807) is 0 Å². The number of aromatic nitrogens is 3. The minimum absolute atomic E-state index is 0.540. The number of hydrogen-bond acceptors (Lipinski definition) is 5. The molecule has 0 saturated carbocycles. The van der Waals surface area contributed by atoms with Gasteiger partial charge in [-0.05, 0) is 46.5 Å². The van der Waals surface area contributed by atoms with Gasteiger partial charge in [0.05, 0.1) is 5.56 Å². The van der Waals surface area contributed by atoms with Gasteiger partial charge in [-0.25, -0.2) is 15.0 Å². The van der Waals surface area contributed by atoms with Crippen molar-refractivity contribution in [2.45, 2.75) is 0 Å². The second-order valence-electron chi connectivity index (χ2n) is 13.9. The van der Waals surface area contributed by atoms with Crippen LogP contribution in [0.4, 0.5) is 0 Å². The lowest BCUT2D eigenvalue weighted by molar-refractivity contribution is 0.665. The van der Waals surface area contributed by atoms with Gasteiger partial charge in [0.25, 0.3) is 0 Å². The maximum atomic E-state index is 7.01. The first-order valence-electron chi connectivity index (χ1n) is 18.7. The van der Waals surface area contributed by atoms with E-state index < -0.39 is 0 Å². The Morgan fingerprint density at radius 1 is 0.268 bits per heavy atom. The van der Waals surface area contributed by atoms with Crippen molar-refractivity contribution in [1.29, 1.82) is 0 Å². The van der Waals surface area contributed by atoms with E-state index in [9.17, 15) is 0 Å². The fraction of sp³-hybridized carbons (Fsp3) is 0. The monoisotopic (exact) mass is 717 g/mol. The van der Waals surface area contributed by atoms with Crippen LogP contribution < -0.4 is 0 Å². The molecule has 5 nitrogen and oxygen atoms in total. The largest absolute Gasteiger partial charge is 0.455 e. The van der Waals surface area contributed by atoms with Crippen molar-refractivity contribution in [2.24, 2.45) is 0 Å². The quantitative estimate of drug-likeness (QED) is 0.171. The number of hydrogen-bond donors (Lipinski definition) is 0. The van der Waals surface area contributed by atoms with E-state index in [1.165, 1.54) is 0 Å². The third-order valence-corrected chi connectivity index (χ3v) is 10.6. The molecule has 0 aliphatic carbocycles. The van der Waals surface area contributed by atoms with Gasteiger partial charge in [0.2, 0.25) is 0 Å². The van der Waals surface area contributed by atoms with Crippen LogP contribution in [0.25, 0.3) is 111 Å². The van der Waals surface area contributed by atoms with Crippen molar-refractivity contribution < 1.29 is 8.83 Å². The zero-order chi connectivity index (χ0) is 37.0. The van der Waals surface area contributed by atoms with E-state index in [0.717, 1.165) is 88.4 Å². The first-order chi connectivity index (χ1) is 27.7. The van der Waals surface area contributed by atoms with Crippen LogP contribution in [0, 0.1) is 0 Å². The summed E-state index contributed by atoms with van der Waals surface area (Å²) in [6.07, 6.45) is 0. The standard InChI is InChI=1S/C51H31N3O2/c1-4-14-32(15-5-1)34-26-28-36(29-27-34)50-52-49(35-18-8-3-9-19-35)53-51(54-50)42-24-13-22-40-39-21-12-23-41(46(39)56-47(40)42)44-31-37(33-16-6-2-7-17-33)30-43-38-20-10-11-25-45(38)55-48(43)44/h1-31H. The zero-order valence-corrected chi connectivity index (χ0v) is 30.1. The number of rotatable bonds is 6. The Morgan fingerprint density at radius 2 is 0.732 bits per heavy atom. The number of furan rings is 2. The minimum Gasteiger partial charge on any atom is -0.455 e. The highest BCUT2D eigenvalue weighted by Crippen LogP contribution is 2.44. The predicted octanol–water partition coefficient (Wildman–Crippen LogP) is 13.7. The van der Waals surface area contributed by atoms with Crippen molar-refractivity contribution in [3.05, 3.63) is 188 Å². The predicted molar refractivity (Wildman–Crippen MR) is 227 cm³/mol. The Kier molecular flexibility index (Phi) is 7.42. The van der Waals surface area contributed by atoms with Crippen LogP contribution in [0.3, 0.4) is 0 Å². The minimum atomic E-state index is 0.540. The summed E-state index contributed by atoms with van der Waals surface area (Å²) in [5, 5.41) is 4.13. The van der Waals surface area contributed by atoms with Crippen LogP contribution in [0.15, 0.2) is 197 Å². The third kappa shape index (κ3) is 5.37. The molecule has 11 aromatic rings. The van der Waals surface area contributed by atoms with Crippen LogP contribution in [0.1, 0.15) is 0 Å². The number of fused-ring (bicyclic) bond motifs is 6. The van der Waals surface area contributed by atoms with Crippen molar-refractivity contribution in [1.82, 2.24) is 15.0 Å². The molecule has 0 radical (unpaired) electrons. The number of benzene rings is 8. The van der Waals surface area contributed by atoms with E-state index in [0.29, 0.717) is 23.1 Å². The molecule has 5 heteroatoms. The topological polar surface area (TPSA) is 65.0 Å². The smallest absolute Gasteiger partial charge is 0.167 e. The van der Waals surface area contributed by atoms with Crippen LogP contribution >= 0.6 is 0 Å². The van der Waals surface area contributed by atoms with Gasteiger partial charge in [-0.15, -0.1) is 0 Å². The van der Waals surface area contributed by atoms with E-state index >= 15 is 0 Å². The summed E-state index contributed by atoms with van der Waals surface area (Å²) in [6, 6.07) is 64.5. The summed E-state index contributed by atoms with van der Waals surface area (Å²) >= 11 is 0. The second kappa shape index (κ2) is 13.0. The highest BCUT2D eigenvalue weighted by Gasteiger charge is 2.22. The summed E-state index contributed by atoms with van der Waals surface area (Å²) in [4.78, 5) is 15.2. The van der Waals surface area contributed by atoms with E-state index in [4.69, 9.17) is 23.8 Å². The van der Waals surface area contributed by atoms with Gasteiger partial charge in [-0.1, -0.05) is 164 Å². The van der Waals surface area contributed by atoms with Gasteiger partial charge in [0, 0.05) is 43.8 Å². The normalized spacial score (nSPS) is 11.6. The highest BCUT2D eigenvalue weighted by atomic mass is 16.3. The van der Waals surface area contributed by atoms with E-state index in [1.807, 2.05) is 66.7 Å². The molecule has 0 unspecified atom stereocenters. The molecule has 0 amide bonds. The van der Waals surface area contributed by atoms with Gasteiger partial charge in [-0.3, -0.25) is 0 Å². The fourth-order valence-corrected chi connectivity index (χ4v) is 7.82. The SMILES string of the molecule is c1ccc(-c2ccc(-c3nc(-c4ccccc4)nc(-c4cccc5c4oc4c(-c6cc(-c7ccccc7)cc7c6oc6ccccc67)cccc45)n3)cc2)cc1. The molecule has 0 N–H and O–H groups in total. The summed E-state index contributed by atoms with van der Waals surface area (Å²) in [6.45, 7) is 0. The Labute approximate surface area is 322 Å². The lowest BCUT2D eigenvalue weighted by Gasteiger charge is -2.09. The van der Waals surface area contributed by atoms with Crippen molar-refractivity contribution in [2.75, 3.05) is 0 Å². The zero-order valence-electron chi connectivity index (χ0n) is 30.1. The molecule has 0 fully saturated rings. The van der Waals surface area contributed by atoms with E-state index in [-0.39, 0.29) is 0 Å². The fourth-order valence-electron chi connectivity index (χ4n) is 7.82. The highest BCUT2D eigenvalue weighted by molar-refractivity contribution is 6.17. The molecule has 56 heavy (non-hydrogen) atoms. The Morgan fingerprint density at radius 3 is 1.41 bits per heavy atom. The van der Waals surface area contributed by atoms with E-state index in [2.05, 4.69) is 121 Å². The molecule has 0 atom stereocenters. The molecular weight excluding hydrogens is 687 g/mol. The molecule has 8 aromatic carbocycles. The van der Waals surface area contributed by atoms with Crippen molar-refractivity contribution in [3.63, 3.8) is 0 Å². The Balaban J connectivity index is 1.11. The Hall–Kier alpha value is -7.63. The molecular formula is C51H31N3O2. The number of para-hydroxylation sites is 3. The van der Waals surface area contributed by atoms with Crippen LogP contribution in [-0.2, 0) is 0 Å². The maximum Gasteiger partial charge on any atom is 0.167 e. The molecule has 0 aliphatic heterocycles. The molecule has 262 valence electrons. The first-order valence-corrected chi connectivity index (χ1v) is 18.7.